The Morgan fingerprint density at radius 3 is 1.21 bits per heavy atom. The number of aromatic nitrogens is 8. The van der Waals surface area contributed by atoms with Gasteiger partial charge in [-0.2, -0.15) is 0 Å². The second-order valence-electron chi connectivity index (χ2n) is 8.93. The van der Waals surface area contributed by atoms with Crippen molar-refractivity contribution in [3.63, 3.8) is 0 Å². The molecular formula is C29H20N8Os. The largest absolute Gasteiger partial charge is 2.00 e. The van der Waals surface area contributed by atoms with Gasteiger partial charge in [0.05, 0.1) is 45.8 Å². The molecule has 7 heterocycles. The van der Waals surface area contributed by atoms with E-state index in [2.05, 4.69) is 20.4 Å². The van der Waals surface area contributed by atoms with Crippen LogP contribution in [0.3, 0.4) is 0 Å². The summed E-state index contributed by atoms with van der Waals surface area (Å²) in [5.41, 5.74) is 7.51. The maximum absolute atomic E-state index is 5.17. The van der Waals surface area contributed by atoms with E-state index in [9.17, 15) is 0 Å². The van der Waals surface area contributed by atoms with E-state index < -0.39 is 0 Å². The molecule has 0 amide bonds. The number of hydrogen-bond acceptors (Lipinski definition) is 6. The Morgan fingerprint density at radius 1 is 0.421 bits per heavy atom. The third-order valence-electron chi connectivity index (χ3n) is 6.70. The van der Waals surface area contributed by atoms with Crippen molar-refractivity contribution >= 4 is 0 Å². The first kappa shape index (κ1) is 24.0. The summed E-state index contributed by atoms with van der Waals surface area (Å²) in [4.78, 5) is 20.2. The zero-order valence-electron chi connectivity index (χ0n) is 20.0. The minimum atomic E-state index is -0.288. The summed E-state index contributed by atoms with van der Waals surface area (Å²) in [6.07, 6.45) is 5.21. The number of hydrogen-bond donors (Lipinski definition) is 0. The number of nitrogens with zero attached hydrogens (tertiary/aromatic N) is 8. The molecule has 184 valence electrons. The van der Waals surface area contributed by atoms with Crippen LogP contribution in [0.4, 0.5) is 0 Å². The van der Waals surface area contributed by atoms with Gasteiger partial charge in [0.25, 0.3) is 0 Å². The van der Waals surface area contributed by atoms with Gasteiger partial charge in [0.15, 0.2) is 0 Å². The number of rotatable bonds is 3. The van der Waals surface area contributed by atoms with Gasteiger partial charge in [0.2, 0.25) is 0 Å². The van der Waals surface area contributed by atoms with E-state index in [1.54, 1.807) is 18.6 Å². The van der Waals surface area contributed by atoms with Crippen LogP contribution in [-0.4, -0.2) is 30.1 Å². The van der Waals surface area contributed by atoms with Crippen LogP contribution in [0.25, 0.3) is 0 Å². The molecule has 0 spiro atoms. The van der Waals surface area contributed by atoms with Crippen molar-refractivity contribution < 1.29 is 19.8 Å². The molecule has 8 nitrogen and oxygen atoms in total. The molecule has 0 aliphatic carbocycles. The molecule has 6 bridgehead atoms. The normalized spacial score (nSPS) is 18.1. The predicted molar refractivity (Wildman–Crippen MR) is 135 cm³/mol. The molecule has 0 fully saturated rings. The van der Waals surface area contributed by atoms with Crippen LogP contribution in [-0.2, 0) is 19.8 Å². The third-order valence-corrected chi connectivity index (χ3v) is 6.70. The van der Waals surface area contributed by atoms with E-state index in [-0.39, 0.29) is 37.5 Å². The summed E-state index contributed by atoms with van der Waals surface area (Å²) < 4.78 is 0. The van der Waals surface area contributed by atoms with Crippen LogP contribution >= 0.6 is 0 Å². The summed E-state index contributed by atoms with van der Waals surface area (Å²) >= 11 is 0. The molecule has 0 saturated heterocycles. The first-order chi connectivity index (χ1) is 18.3. The minimum absolute atomic E-state index is 0. The van der Waals surface area contributed by atoms with Gasteiger partial charge in [-0.15, -0.1) is 11.4 Å². The Morgan fingerprint density at radius 2 is 0.842 bits per heavy atom. The second-order valence-corrected chi connectivity index (χ2v) is 8.93. The predicted octanol–water partition coefficient (Wildman–Crippen LogP) is 3.82. The Hall–Kier alpha value is -4.34. The van der Waals surface area contributed by atoms with E-state index in [1.807, 2.05) is 84.9 Å². The molecule has 0 saturated carbocycles. The molecule has 6 aromatic rings. The minimum Gasteiger partial charge on any atom is -0.578 e. The smallest absolute Gasteiger partial charge is 0.578 e. The van der Waals surface area contributed by atoms with Crippen LogP contribution in [0.15, 0.2) is 104 Å². The molecule has 1 aliphatic heterocycles. The Kier molecular flexibility index (Phi) is 6.44. The number of fused-ring (bicyclic) bond motifs is 6. The van der Waals surface area contributed by atoms with Gasteiger partial charge < -0.3 is 20.4 Å². The summed E-state index contributed by atoms with van der Waals surface area (Å²) in [6.45, 7) is 0. The number of pyridine rings is 4. The first-order valence-corrected chi connectivity index (χ1v) is 12.0. The van der Waals surface area contributed by atoms with Gasteiger partial charge in [-0.3, -0.25) is 19.9 Å². The quantitative estimate of drug-likeness (QED) is 0.280. The monoisotopic (exact) mass is 672 g/mol. The topological polar surface area (TPSA) is 106 Å². The standard InChI is InChI=1S/C29H20N8.Os/c1-2-15-30-18(6-1)27-19-7-3-9-21(33-19)28(25-13-16-31-36-25)23-11-5-12-24(35-23)29(26-14-17-32-37-26)22-10-4-8-20(27)34-22;/h1-17,27-29H;/q-2;+2. The van der Waals surface area contributed by atoms with Crippen LogP contribution < -0.4 is 10.2 Å². The summed E-state index contributed by atoms with van der Waals surface area (Å²) in [5.74, 6) is -0.836. The molecule has 0 radical (unpaired) electrons. The molecule has 1 aliphatic rings. The Bertz CT molecular complexity index is 1550. The molecule has 2 unspecified atom stereocenters. The van der Waals surface area contributed by atoms with Gasteiger partial charge in [0, 0.05) is 30.4 Å². The molecule has 38 heavy (non-hydrogen) atoms. The molecule has 0 aromatic carbocycles. The van der Waals surface area contributed by atoms with Gasteiger partial charge >= 0.3 is 19.8 Å². The van der Waals surface area contributed by atoms with E-state index in [0.29, 0.717) is 0 Å². The van der Waals surface area contributed by atoms with Crippen molar-refractivity contribution in [2.75, 3.05) is 0 Å². The van der Waals surface area contributed by atoms with Gasteiger partial charge in [-0.05, 0) is 48.5 Å². The average molecular weight is 671 g/mol. The van der Waals surface area contributed by atoms with E-state index in [0.717, 1.165) is 51.2 Å². The van der Waals surface area contributed by atoms with Crippen LogP contribution in [0, 0.1) is 0 Å². The van der Waals surface area contributed by atoms with E-state index >= 15 is 0 Å². The maximum atomic E-state index is 5.17. The molecule has 0 N–H and O–H groups in total. The Balaban J connectivity index is 0.00000264. The van der Waals surface area contributed by atoms with Crippen molar-refractivity contribution in [2.45, 2.75) is 17.8 Å². The van der Waals surface area contributed by atoms with E-state index in [1.165, 1.54) is 0 Å². The fourth-order valence-electron chi connectivity index (χ4n) is 5.08. The molecule has 2 atom stereocenters. The van der Waals surface area contributed by atoms with Crippen molar-refractivity contribution in [1.82, 2.24) is 40.3 Å². The summed E-state index contributed by atoms with van der Waals surface area (Å²) in [5, 5.41) is 17.0. The molecule has 7 rings (SSSR count). The SMILES string of the molecule is [Os+2].c1ccc(C2c3cccc(n3)C(c3ccn[n-]3)c3cccc(n3)C(c3ccn[n-]3)c3cccc2n3)nc1. The third kappa shape index (κ3) is 4.25. The first-order valence-electron chi connectivity index (χ1n) is 12.0. The zero-order valence-corrected chi connectivity index (χ0v) is 22.5. The summed E-state index contributed by atoms with van der Waals surface area (Å²) in [7, 11) is 0. The molecule has 9 heteroatoms. The van der Waals surface area contributed by atoms with Gasteiger partial charge in [-0.25, -0.2) is 0 Å². The van der Waals surface area contributed by atoms with Gasteiger partial charge in [0.1, 0.15) is 0 Å². The maximum Gasteiger partial charge on any atom is 2.00 e. The van der Waals surface area contributed by atoms with Crippen LogP contribution in [0.1, 0.15) is 69.0 Å². The Labute approximate surface area is 232 Å². The van der Waals surface area contributed by atoms with Crippen molar-refractivity contribution in [3.8, 4) is 0 Å². The van der Waals surface area contributed by atoms with E-state index in [4.69, 9.17) is 19.9 Å². The second kappa shape index (κ2) is 10.2. The van der Waals surface area contributed by atoms with Crippen molar-refractivity contribution in [1.29, 1.82) is 0 Å². The molecule has 6 aromatic heterocycles. The molecular weight excluding hydrogens is 651 g/mol. The average Bonchev–Trinajstić information content (AvgIpc) is 3.66. The summed E-state index contributed by atoms with van der Waals surface area (Å²) in [6, 6.07) is 27.9. The van der Waals surface area contributed by atoms with Crippen LogP contribution in [0.2, 0.25) is 0 Å². The van der Waals surface area contributed by atoms with Crippen LogP contribution in [0.5, 0.6) is 0 Å². The van der Waals surface area contributed by atoms with Crippen molar-refractivity contribution in [3.05, 3.63) is 155 Å². The zero-order chi connectivity index (χ0) is 24.6. The fourth-order valence-corrected chi connectivity index (χ4v) is 5.08. The van der Waals surface area contributed by atoms with Crippen molar-refractivity contribution in [2.24, 2.45) is 0 Å². The van der Waals surface area contributed by atoms with Gasteiger partial charge in [-0.1, -0.05) is 36.4 Å². The fraction of sp³-hybridized carbons (Fsp3) is 0.103.